The van der Waals surface area contributed by atoms with Crippen molar-refractivity contribution in [3.05, 3.63) is 114 Å². The Kier molecular flexibility index (Phi) is 10.5. The highest BCUT2D eigenvalue weighted by Gasteiger charge is 2.25. The molecule has 0 saturated heterocycles. The van der Waals surface area contributed by atoms with Gasteiger partial charge >= 0.3 is 12.1 Å². The number of aromatic nitrogens is 6. The molecule has 1 aliphatic carbocycles. The number of carbonyl (C=O) groups is 2. The lowest BCUT2D eigenvalue weighted by atomic mass is 9.98. The van der Waals surface area contributed by atoms with Crippen molar-refractivity contribution in [1.82, 2.24) is 29.8 Å². The molecule has 52 heavy (non-hydrogen) atoms. The summed E-state index contributed by atoms with van der Waals surface area (Å²) in [6.45, 7) is 4.68. The monoisotopic (exact) mass is 700 g/mol. The molecule has 266 valence electrons. The van der Waals surface area contributed by atoms with Gasteiger partial charge in [0.05, 0.1) is 36.3 Å². The lowest BCUT2D eigenvalue weighted by Gasteiger charge is -2.22. The predicted molar refractivity (Wildman–Crippen MR) is 194 cm³/mol. The normalized spacial score (nSPS) is 13.8. The number of para-hydroxylation sites is 1. The van der Waals surface area contributed by atoms with Gasteiger partial charge in [0.15, 0.2) is 5.82 Å². The van der Waals surface area contributed by atoms with E-state index in [1.54, 1.807) is 16.8 Å². The third-order valence-electron chi connectivity index (χ3n) is 9.06. The summed E-state index contributed by atoms with van der Waals surface area (Å²) in [5.41, 5.74) is 6.35. The van der Waals surface area contributed by atoms with E-state index in [0.717, 1.165) is 59.9 Å². The molecular formula is C40H40N6O6. The van der Waals surface area contributed by atoms with Gasteiger partial charge in [-0.05, 0) is 77.4 Å². The van der Waals surface area contributed by atoms with Crippen LogP contribution in [0.3, 0.4) is 0 Å². The first kappa shape index (κ1) is 34.4. The molecule has 0 unspecified atom stereocenters. The van der Waals surface area contributed by atoms with Gasteiger partial charge in [-0.25, -0.2) is 14.3 Å². The lowest BCUT2D eigenvalue weighted by molar-refractivity contribution is -0.0914. The van der Waals surface area contributed by atoms with Crippen LogP contribution in [0.15, 0.2) is 97.1 Å². The number of fused-ring (bicyclic) bond motifs is 1. The molecule has 1 fully saturated rings. The summed E-state index contributed by atoms with van der Waals surface area (Å²) in [6.07, 6.45) is 2.62. The van der Waals surface area contributed by atoms with Crippen molar-refractivity contribution >= 4 is 23.2 Å². The Bertz CT molecular complexity index is 2140. The van der Waals surface area contributed by atoms with E-state index in [9.17, 15) is 9.59 Å². The van der Waals surface area contributed by atoms with Gasteiger partial charge in [-0.1, -0.05) is 91.3 Å². The fraction of sp³-hybridized carbons (Fsp3) is 0.300. The first-order chi connectivity index (χ1) is 25.5. The molecule has 0 bridgehead atoms. The molecule has 0 spiro atoms. The molecule has 12 nitrogen and oxygen atoms in total. The van der Waals surface area contributed by atoms with E-state index in [0.29, 0.717) is 42.6 Å². The highest BCUT2D eigenvalue weighted by Crippen LogP contribution is 2.32. The van der Waals surface area contributed by atoms with Gasteiger partial charge in [0.1, 0.15) is 6.10 Å². The Morgan fingerprint density at radius 2 is 1.54 bits per heavy atom. The van der Waals surface area contributed by atoms with Crippen molar-refractivity contribution in [1.29, 1.82) is 0 Å². The van der Waals surface area contributed by atoms with Crippen molar-refractivity contribution in [2.75, 3.05) is 6.61 Å². The summed E-state index contributed by atoms with van der Waals surface area (Å²) in [5.74, 6) is 0.0179. The zero-order valence-electron chi connectivity index (χ0n) is 29.2. The number of tetrazole rings is 1. The average Bonchev–Trinajstić information content (AvgIpc) is 3.76. The topological polar surface area (TPSA) is 132 Å². The van der Waals surface area contributed by atoms with Crippen molar-refractivity contribution in [2.24, 2.45) is 0 Å². The van der Waals surface area contributed by atoms with Crippen LogP contribution in [0.4, 0.5) is 4.79 Å². The van der Waals surface area contributed by atoms with Crippen LogP contribution in [0.25, 0.3) is 33.5 Å². The zero-order valence-corrected chi connectivity index (χ0v) is 29.2. The number of hydrogen-bond acceptors (Lipinski definition) is 10. The predicted octanol–water partition coefficient (Wildman–Crippen LogP) is 7.84. The molecule has 6 aromatic rings. The summed E-state index contributed by atoms with van der Waals surface area (Å²) < 4.78 is 25.9. The first-order valence-electron chi connectivity index (χ1n) is 17.7. The van der Waals surface area contributed by atoms with Gasteiger partial charge in [-0.3, -0.25) is 4.57 Å². The van der Waals surface area contributed by atoms with Crippen LogP contribution in [-0.2, 0) is 27.3 Å². The zero-order chi connectivity index (χ0) is 35.9. The van der Waals surface area contributed by atoms with Crippen LogP contribution in [0.1, 0.15) is 67.4 Å². The number of carbonyl (C=O) groups excluding carboxylic acids is 2. The third kappa shape index (κ3) is 7.80. The highest BCUT2D eigenvalue weighted by molar-refractivity contribution is 6.02. The van der Waals surface area contributed by atoms with E-state index in [2.05, 4.69) is 38.7 Å². The first-order valence-corrected chi connectivity index (χ1v) is 17.7. The quantitative estimate of drug-likeness (QED) is 0.0919. The van der Waals surface area contributed by atoms with Crippen LogP contribution < -0.4 is 4.74 Å². The summed E-state index contributed by atoms with van der Waals surface area (Å²) in [6, 6.07) is 31.9. The maximum atomic E-state index is 13.5. The molecule has 2 aromatic heterocycles. The van der Waals surface area contributed by atoms with Gasteiger partial charge in [0.25, 0.3) is 6.01 Å². The van der Waals surface area contributed by atoms with Crippen molar-refractivity contribution in [3.63, 3.8) is 0 Å². The second-order valence-electron chi connectivity index (χ2n) is 12.7. The minimum atomic E-state index is -1.15. The van der Waals surface area contributed by atoms with Crippen molar-refractivity contribution < 1.29 is 28.5 Å². The molecule has 2 heterocycles. The van der Waals surface area contributed by atoms with E-state index in [4.69, 9.17) is 18.9 Å². The van der Waals surface area contributed by atoms with Crippen LogP contribution in [0.5, 0.6) is 6.01 Å². The van der Waals surface area contributed by atoms with Crippen LogP contribution >= 0.6 is 0 Å². The van der Waals surface area contributed by atoms with Crippen molar-refractivity contribution in [3.8, 4) is 28.5 Å². The van der Waals surface area contributed by atoms with Gasteiger partial charge in [0, 0.05) is 12.5 Å². The van der Waals surface area contributed by atoms with E-state index in [-0.39, 0.29) is 11.7 Å². The summed E-state index contributed by atoms with van der Waals surface area (Å²) >= 11 is 0. The number of ether oxygens (including phenoxy) is 4. The lowest BCUT2D eigenvalue weighted by Crippen LogP contribution is -2.26. The average molecular weight is 701 g/mol. The second kappa shape index (κ2) is 15.9. The molecule has 4 aromatic carbocycles. The standard InChI is InChI=1S/C40H40N6O6/c1-3-49-39-41-35-20-12-19-34(38(47)50-27(2)51-40(48)52-31-15-8-5-9-16-31)36(35)45(39)25-29-21-23-30(24-22-29)32-17-10-11-18-33(32)37-42-43-44-46(37)26-28-13-6-4-7-14-28/h4,6-7,10-14,17-24,27,31H,3,5,8-9,15-16,25-26H2,1-2H3/t27-/m0/s1. The molecule has 0 N–H and O–H groups in total. The summed E-state index contributed by atoms with van der Waals surface area (Å²) in [5, 5.41) is 12.6. The second-order valence-corrected chi connectivity index (χ2v) is 12.7. The summed E-state index contributed by atoms with van der Waals surface area (Å²) in [7, 11) is 0. The Balaban J connectivity index is 1.11. The van der Waals surface area contributed by atoms with E-state index in [1.165, 1.54) is 6.92 Å². The molecular weight excluding hydrogens is 660 g/mol. The molecule has 1 aliphatic rings. The molecule has 1 atom stereocenters. The number of hydrogen-bond donors (Lipinski definition) is 0. The number of esters is 1. The van der Waals surface area contributed by atoms with Gasteiger partial charge in [0.2, 0.25) is 6.29 Å². The molecule has 7 rings (SSSR count). The smallest absolute Gasteiger partial charge is 0.465 e. The number of rotatable bonds is 12. The van der Waals surface area contributed by atoms with Gasteiger partial charge in [-0.15, -0.1) is 5.10 Å². The number of nitrogens with zero attached hydrogens (tertiary/aromatic N) is 6. The van der Waals surface area contributed by atoms with E-state index < -0.39 is 18.4 Å². The molecule has 0 radical (unpaired) electrons. The minimum absolute atomic E-state index is 0.170. The highest BCUT2D eigenvalue weighted by atomic mass is 16.8. The van der Waals surface area contributed by atoms with Crippen molar-refractivity contribution in [2.45, 2.75) is 71.4 Å². The molecule has 0 aliphatic heterocycles. The third-order valence-corrected chi connectivity index (χ3v) is 9.06. The Labute approximate surface area is 301 Å². The van der Waals surface area contributed by atoms with Gasteiger partial charge < -0.3 is 18.9 Å². The Hall–Kier alpha value is -6.04. The van der Waals surface area contributed by atoms with Crippen LogP contribution in [0, 0.1) is 0 Å². The van der Waals surface area contributed by atoms with Crippen LogP contribution in [-0.4, -0.2) is 60.9 Å². The fourth-order valence-electron chi connectivity index (χ4n) is 6.60. The molecule has 12 heteroatoms. The number of imidazole rings is 1. The van der Waals surface area contributed by atoms with Crippen LogP contribution in [0.2, 0.25) is 0 Å². The number of benzene rings is 4. The Morgan fingerprint density at radius 1 is 0.808 bits per heavy atom. The van der Waals surface area contributed by atoms with Gasteiger partial charge in [-0.2, -0.15) is 4.98 Å². The van der Waals surface area contributed by atoms with E-state index >= 15 is 0 Å². The minimum Gasteiger partial charge on any atom is -0.465 e. The molecule has 0 amide bonds. The molecule has 1 saturated carbocycles. The largest absolute Gasteiger partial charge is 0.511 e. The maximum Gasteiger partial charge on any atom is 0.511 e. The van der Waals surface area contributed by atoms with E-state index in [1.807, 2.05) is 78.2 Å². The fourth-order valence-corrected chi connectivity index (χ4v) is 6.60. The maximum absolute atomic E-state index is 13.5. The Morgan fingerprint density at radius 3 is 2.31 bits per heavy atom. The summed E-state index contributed by atoms with van der Waals surface area (Å²) in [4.78, 5) is 30.6. The SMILES string of the molecule is CCOc1nc2cccc(C(=O)O[C@H](C)OC(=O)OC3CCCCC3)c2n1Cc1ccc(-c2ccccc2-c2nnnn2Cc2ccccc2)cc1.